The van der Waals surface area contributed by atoms with Gasteiger partial charge in [-0.15, -0.1) is 0 Å². The van der Waals surface area contributed by atoms with Crippen LogP contribution in [-0.2, 0) is 16.0 Å². The van der Waals surface area contributed by atoms with Crippen LogP contribution in [0.2, 0.25) is 0 Å². The quantitative estimate of drug-likeness (QED) is 0.834. The summed E-state index contributed by atoms with van der Waals surface area (Å²) in [5.74, 6) is 2.31. The van der Waals surface area contributed by atoms with Crippen molar-refractivity contribution in [1.29, 1.82) is 0 Å². The van der Waals surface area contributed by atoms with E-state index in [0.29, 0.717) is 24.0 Å². The molecule has 152 valence electrons. The van der Waals surface area contributed by atoms with Gasteiger partial charge in [0.15, 0.2) is 18.1 Å². The molecule has 2 fully saturated rings. The summed E-state index contributed by atoms with van der Waals surface area (Å²) in [5, 5.41) is 6.19. The van der Waals surface area contributed by atoms with Crippen LogP contribution < -0.4 is 20.1 Å². The number of nitrogens with one attached hydrogen (secondary N) is 2. The first-order valence-corrected chi connectivity index (χ1v) is 10.3. The lowest BCUT2D eigenvalue weighted by Gasteiger charge is -2.43. The second-order valence-electron chi connectivity index (χ2n) is 9.17. The van der Waals surface area contributed by atoms with Gasteiger partial charge in [0.05, 0.1) is 0 Å². The van der Waals surface area contributed by atoms with Gasteiger partial charge in [-0.3, -0.25) is 9.59 Å². The first kappa shape index (κ1) is 19.1. The van der Waals surface area contributed by atoms with Crippen LogP contribution in [0, 0.1) is 11.8 Å². The molecule has 4 rings (SSSR count). The highest BCUT2D eigenvalue weighted by atomic mass is 16.5. The summed E-state index contributed by atoms with van der Waals surface area (Å²) >= 11 is 0. The van der Waals surface area contributed by atoms with Crippen molar-refractivity contribution >= 4 is 11.8 Å². The highest BCUT2D eigenvalue weighted by Crippen LogP contribution is 2.41. The highest BCUT2D eigenvalue weighted by molar-refractivity contribution is 5.78. The van der Waals surface area contributed by atoms with Crippen LogP contribution in [-0.4, -0.2) is 36.1 Å². The number of hydrogen-bond acceptors (Lipinski definition) is 4. The average Bonchev–Trinajstić information content (AvgIpc) is 2.93. The van der Waals surface area contributed by atoms with E-state index >= 15 is 0 Å². The lowest BCUT2D eigenvalue weighted by atomic mass is 9.72. The van der Waals surface area contributed by atoms with Crippen LogP contribution in [0.3, 0.4) is 0 Å². The summed E-state index contributed by atoms with van der Waals surface area (Å²) in [6.07, 6.45) is 4.23. The molecule has 1 aromatic carbocycles. The van der Waals surface area contributed by atoms with Crippen LogP contribution in [0.15, 0.2) is 18.2 Å². The van der Waals surface area contributed by atoms with Crippen molar-refractivity contribution in [3.05, 3.63) is 23.8 Å². The molecule has 0 aromatic heterocycles. The van der Waals surface area contributed by atoms with Crippen molar-refractivity contribution < 1.29 is 19.1 Å². The minimum atomic E-state index is -0.246. The maximum absolute atomic E-state index is 12.4. The second-order valence-corrected chi connectivity index (χ2v) is 9.17. The van der Waals surface area contributed by atoms with Gasteiger partial charge in [0.1, 0.15) is 5.60 Å². The summed E-state index contributed by atoms with van der Waals surface area (Å²) in [5.41, 5.74) is 0.868. The lowest BCUT2D eigenvalue weighted by Crippen LogP contribution is -2.55. The molecule has 28 heavy (non-hydrogen) atoms. The zero-order valence-electron chi connectivity index (χ0n) is 16.9. The standard InChI is InChI=1S/C22H30N2O4/c1-13-9-19(25)24-17-10-15(7-8-16(13)17)23-20(26)12-27-18-6-4-5-14-11-22(2,3)28-21(14)18/h4-6,13,15-17H,7-12H2,1-3H3,(H,23,26)(H,24,25). The number of fused-ring (bicyclic) bond motifs is 2. The fraction of sp³-hybridized carbons (Fsp3) is 0.636. The van der Waals surface area contributed by atoms with Crippen LogP contribution >= 0.6 is 0 Å². The number of benzene rings is 1. The number of amides is 2. The Hall–Kier alpha value is -2.24. The minimum Gasteiger partial charge on any atom is -0.483 e. The number of piperidine rings is 1. The smallest absolute Gasteiger partial charge is 0.258 e. The van der Waals surface area contributed by atoms with E-state index in [1.165, 1.54) is 0 Å². The van der Waals surface area contributed by atoms with Gasteiger partial charge in [-0.1, -0.05) is 19.1 Å². The molecule has 2 heterocycles. The summed E-state index contributed by atoms with van der Waals surface area (Å²) < 4.78 is 11.8. The molecule has 6 nitrogen and oxygen atoms in total. The van der Waals surface area contributed by atoms with Crippen molar-refractivity contribution in [2.24, 2.45) is 11.8 Å². The predicted molar refractivity (Wildman–Crippen MR) is 105 cm³/mol. The average molecular weight is 386 g/mol. The molecule has 4 atom stereocenters. The number of carbonyl (C=O) groups is 2. The minimum absolute atomic E-state index is 0.0341. The monoisotopic (exact) mass is 386 g/mol. The van der Waals surface area contributed by atoms with Crippen molar-refractivity contribution in [2.75, 3.05) is 6.61 Å². The van der Waals surface area contributed by atoms with Crippen molar-refractivity contribution in [3.63, 3.8) is 0 Å². The van der Waals surface area contributed by atoms with E-state index in [2.05, 4.69) is 17.6 Å². The van der Waals surface area contributed by atoms with Gasteiger partial charge in [-0.05, 0) is 51.0 Å². The molecule has 6 heteroatoms. The molecule has 2 aliphatic heterocycles. The number of carbonyl (C=O) groups excluding carboxylic acids is 2. The molecule has 2 amide bonds. The number of hydrogen-bond donors (Lipinski definition) is 2. The van der Waals surface area contributed by atoms with Gasteiger partial charge in [-0.25, -0.2) is 0 Å². The van der Waals surface area contributed by atoms with E-state index in [0.717, 1.165) is 37.0 Å². The lowest BCUT2D eigenvalue weighted by molar-refractivity contribution is -0.127. The third-order valence-electron chi connectivity index (χ3n) is 6.27. The van der Waals surface area contributed by atoms with Crippen LogP contribution in [0.25, 0.3) is 0 Å². The summed E-state index contributed by atoms with van der Waals surface area (Å²) in [6, 6.07) is 6.07. The van der Waals surface area contributed by atoms with Gasteiger partial charge >= 0.3 is 0 Å². The molecule has 4 unspecified atom stereocenters. The predicted octanol–water partition coefficient (Wildman–Crippen LogP) is 2.59. The third kappa shape index (κ3) is 3.96. The van der Waals surface area contributed by atoms with E-state index in [9.17, 15) is 9.59 Å². The van der Waals surface area contributed by atoms with E-state index in [4.69, 9.17) is 9.47 Å². The Labute approximate surface area is 166 Å². The number of ether oxygens (including phenoxy) is 2. The molecular weight excluding hydrogens is 356 g/mol. The summed E-state index contributed by atoms with van der Waals surface area (Å²) in [7, 11) is 0. The van der Waals surface area contributed by atoms with E-state index in [-0.39, 0.29) is 36.1 Å². The van der Waals surface area contributed by atoms with Crippen molar-refractivity contribution in [1.82, 2.24) is 10.6 Å². The molecule has 2 N–H and O–H groups in total. The molecule has 0 radical (unpaired) electrons. The molecule has 0 bridgehead atoms. The number of para-hydroxylation sites is 1. The van der Waals surface area contributed by atoms with E-state index in [1.54, 1.807) is 0 Å². The van der Waals surface area contributed by atoms with Gasteiger partial charge < -0.3 is 20.1 Å². The van der Waals surface area contributed by atoms with Gasteiger partial charge in [0, 0.05) is 30.5 Å². The maximum Gasteiger partial charge on any atom is 0.258 e. The SMILES string of the molecule is CC1CC(=O)NC2CC(NC(=O)COc3cccc4c3OC(C)(C)C4)CCC12. The van der Waals surface area contributed by atoms with Crippen LogP contribution in [0.4, 0.5) is 0 Å². The molecule has 0 spiro atoms. The van der Waals surface area contributed by atoms with E-state index < -0.39 is 0 Å². The molecule has 1 aromatic rings. The molecule has 1 saturated heterocycles. The Kier molecular flexibility index (Phi) is 4.98. The van der Waals surface area contributed by atoms with Crippen molar-refractivity contribution in [2.45, 2.75) is 70.6 Å². The summed E-state index contributed by atoms with van der Waals surface area (Å²) in [6.45, 7) is 6.22. The largest absolute Gasteiger partial charge is 0.483 e. The molecule has 1 saturated carbocycles. The van der Waals surface area contributed by atoms with Gasteiger partial charge in [0.2, 0.25) is 5.91 Å². The normalized spacial score (nSPS) is 30.5. The molecule has 1 aliphatic carbocycles. The van der Waals surface area contributed by atoms with Gasteiger partial charge in [0.25, 0.3) is 5.91 Å². The Bertz CT molecular complexity index is 776. The maximum atomic E-state index is 12.4. The Morgan fingerprint density at radius 2 is 2.18 bits per heavy atom. The first-order chi connectivity index (χ1) is 13.3. The third-order valence-corrected chi connectivity index (χ3v) is 6.27. The second kappa shape index (κ2) is 7.30. The molecule has 3 aliphatic rings. The Morgan fingerprint density at radius 3 is 3.00 bits per heavy atom. The zero-order chi connectivity index (χ0) is 19.9. The van der Waals surface area contributed by atoms with Crippen molar-refractivity contribution in [3.8, 4) is 11.5 Å². The fourth-order valence-corrected chi connectivity index (χ4v) is 5.00. The van der Waals surface area contributed by atoms with Crippen LogP contribution in [0.5, 0.6) is 11.5 Å². The van der Waals surface area contributed by atoms with E-state index in [1.807, 2.05) is 32.0 Å². The summed E-state index contributed by atoms with van der Waals surface area (Å²) in [4.78, 5) is 24.3. The fourth-order valence-electron chi connectivity index (χ4n) is 5.00. The molecular formula is C22H30N2O4. The zero-order valence-corrected chi connectivity index (χ0v) is 16.9. The first-order valence-electron chi connectivity index (χ1n) is 10.3. The van der Waals surface area contributed by atoms with Gasteiger partial charge in [-0.2, -0.15) is 0 Å². The Balaban J connectivity index is 1.30. The highest BCUT2D eigenvalue weighted by Gasteiger charge is 2.39. The Morgan fingerprint density at radius 1 is 1.36 bits per heavy atom. The topological polar surface area (TPSA) is 76.7 Å². The van der Waals surface area contributed by atoms with Crippen LogP contribution in [0.1, 0.15) is 52.0 Å². The number of rotatable bonds is 4.